The van der Waals surface area contributed by atoms with Crippen LogP contribution in [0.4, 0.5) is 0 Å². The van der Waals surface area contributed by atoms with Crippen molar-refractivity contribution in [3.8, 4) is 0 Å². The summed E-state index contributed by atoms with van der Waals surface area (Å²) in [5.41, 5.74) is 0. The van der Waals surface area contributed by atoms with Crippen LogP contribution in [0.25, 0.3) is 0 Å². The van der Waals surface area contributed by atoms with Crippen LogP contribution in [-0.4, -0.2) is 37.2 Å². The van der Waals surface area contributed by atoms with Crippen LogP contribution in [-0.2, 0) is 28.6 Å². The highest BCUT2D eigenvalue weighted by Crippen LogP contribution is 2.17. The van der Waals surface area contributed by atoms with Gasteiger partial charge in [0.05, 0.1) is 6.42 Å². The fraction of sp³-hybridized carbons (Fsp3) is 0.746. The van der Waals surface area contributed by atoms with Gasteiger partial charge in [0, 0.05) is 12.8 Å². The van der Waals surface area contributed by atoms with E-state index in [0.29, 0.717) is 12.8 Å². The predicted octanol–water partition coefficient (Wildman–Crippen LogP) is 21.1. The lowest BCUT2D eigenvalue weighted by Gasteiger charge is -2.18. The fourth-order valence-corrected chi connectivity index (χ4v) is 8.78. The lowest BCUT2D eigenvalue weighted by Crippen LogP contribution is -2.30. The Kier molecular flexibility index (Phi) is 58.3. The molecule has 0 aliphatic rings. The van der Waals surface area contributed by atoms with E-state index in [4.69, 9.17) is 14.2 Å². The highest BCUT2D eigenvalue weighted by Gasteiger charge is 2.19. The van der Waals surface area contributed by atoms with Crippen molar-refractivity contribution in [2.75, 3.05) is 13.2 Å². The van der Waals surface area contributed by atoms with Crippen molar-refractivity contribution in [3.63, 3.8) is 0 Å². The van der Waals surface area contributed by atoms with E-state index in [-0.39, 0.29) is 31.6 Å². The molecule has 0 bridgehead atoms. The Balaban J connectivity index is 4.43. The number of allylic oxidation sites excluding steroid dienone is 13. The number of carbonyl (C=O) groups is 3. The molecule has 1 unspecified atom stereocenters. The van der Waals surface area contributed by atoms with E-state index >= 15 is 0 Å². The van der Waals surface area contributed by atoms with Crippen LogP contribution in [0.5, 0.6) is 0 Å². The molecule has 0 aliphatic carbocycles. The molecule has 0 heterocycles. The zero-order valence-electron chi connectivity index (χ0n) is 48.1. The first-order valence-electron chi connectivity index (χ1n) is 31.1. The van der Waals surface area contributed by atoms with E-state index < -0.39 is 12.1 Å². The van der Waals surface area contributed by atoms with Gasteiger partial charge >= 0.3 is 17.9 Å². The normalized spacial score (nSPS) is 12.6. The highest BCUT2D eigenvalue weighted by molar-refractivity contribution is 5.72. The first kappa shape index (κ1) is 69.6. The van der Waals surface area contributed by atoms with E-state index in [9.17, 15) is 14.4 Å². The predicted molar refractivity (Wildman–Crippen MR) is 316 cm³/mol. The zero-order chi connectivity index (χ0) is 52.9. The number of carbonyl (C=O) groups excluding carboxylic acids is 3. The highest BCUT2D eigenvalue weighted by atomic mass is 16.6. The lowest BCUT2D eigenvalue weighted by molar-refractivity contribution is -0.166. The van der Waals surface area contributed by atoms with Crippen molar-refractivity contribution < 1.29 is 28.6 Å². The summed E-state index contributed by atoms with van der Waals surface area (Å²) >= 11 is 0. The molecule has 0 saturated heterocycles. The number of unbranched alkanes of at least 4 members (excludes halogenated alkanes) is 32. The summed E-state index contributed by atoms with van der Waals surface area (Å²) in [6.45, 7) is 6.46. The van der Waals surface area contributed by atoms with Gasteiger partial charge in [-0.2, -0.15) is 0 Å². The average molecular weight is 1020 g/mol. The molecule has 0 aromatic carbocycles. The van der Waals surface area contributed by atoms with Gasteiger partial charge in [-0.05, 0) is 77.0 Å². The Morgan fingerprint density at radius 3 is 0.959 bits per heavy atom. The van der Waals surface area contributed by atoms with Crippen molar-refractivity contribution in [2.24, 2.45) is 0 Å². The Morgan fingerprint density at radius 2 is 0.589 bits per heavy atom. The van der Waals surface area contributed by atoms with E-state index in [1.165, 1.54) is 186 Å². The van der Waals surface area contributed by atoms with E-state index in [2.05, 4.69) is 93.7 Å². The van der Waals surface area contributed by atoms with Crippen molar-refractivity contribution in [1.82, 2.24) is 0 Å². The molecule has 0 aliphatic heterocycles. The topological polar surface area (TPSA) is 78.9 Å². The first-order chi connectivity index (χ1) is 36.0. The summed E-state index contributed by atoms with van der Waals surface area (Å²) in [7, 11) is 0. The average Bonchev–Trinajstić information content (AvgIpc) is 3.39. The van der Waals surface area contributed by atoms with Gasteiger partial charge in [-0.1, -0.05) is 292 Å². The van der Waals surface area contributed by atoms with E-state index in [0.717, 1.165) is 77.0 Å². The van der Waals surface area contributed by atoms with Crippen LogP contribution < -0.4 is 0 Å². The number of esters is 3. The van der Waals surface area contributed by atoms with E-state index in [1.807, 2.05) is 6.08 Å². The molecule has 1 atom stereocenters. The van der Waals surface area contributed by atoms with Gasteiger partial charge in [0.2, 0.25) is 0 Å². The second-order valence-electron chi connectivity index (χ2n) is 20.6. The summed E-state index contributed by atoms with van der Waals surface area (Å²) < 4.78 is 16.8. The third kappa shape index (κ3) is 59.3. The van der Waals surface area contributed by atoms with Crippen molar-refractivity contribution in [1.29, 1.82) is 0 Å². The fourth-order valence-electron chi connectivity index (χ4n) is 8.78. The molecule has 0 aromatic rings. The summed E-state index contributed by atoms with van der Waals surface area (Å²) in [5, 5.41) is 0. The molecule has 420 valence electrons. The van der Waals surface area contributed by atoms with E-state index in [1.54, 1.807) is 6.08 Å². The summed E-state index contributed by atoms with van der Waals surface area (Å²) in [5.74, 6) is -1.03. The van der Waals surface area contributed by atoms with Crippen LogP contribution in [0, 0.1) is 0 Å². The van der Waals surface area contributed by atoms with Crippen LogP contribution in [0.1, 0.15) is 303 Å². The quantitative estimate of drug-likeness (QED) is 0.0261. The third-order valence-corrected chi connectivity index (χ3v) is 13.4. The monoisotopic (exact) mass is 1020 g/mol. The molecule has 0 radical (unpaired) electrons. The molecule has 6 heteroatoms. The number of hydrogen-bond donors (Lipinski definition) is 0. The zero-order valence-corrected chi connectivity index (χ0v) is 48.1. The van der Waals surface area contributed by atoms with Gasteiger partial charge in [-0.3, -0.25) is 14.4 Å². The third-order valence-electron chi connectivity index (χ3n) is 13.4. The minimum Gasteiger partial charge on any atom is -0.462 e. The standard InChI is InChI=1S/C67H116O6/c1-4-7-10-13-16-19-22-25-28-30-32-33-35-36-39-42-45-48-51-54-57-60-66(69)72-63-64(62-71-65(68)59-56-53-50-47-44-41-38-27-24-21-18-15-12-9-6-3)73-67(70)61-58-55-52-49-46-43-40-37-34-31-29-26-23-20-17-14-11-8-5-2/h9,12,18,21-22,25,27,30,32,38,44,47,53,56,64H,4-8,10-11,13-17,19-20,23-24,26,28-29,31,33-37,39-43,45-46,48-52,54-55,57-63H2,1-3H3/b12-9-,21-18-,25-22-,32-30-,38-27-,47-44-,56-53-. The Morgan fingerprint density at radius 1 is 0.301 bits per heavy atom. The smallest absolute Gasteiger partial charge is 0.309 e. The summed E-state index contributed by atoms with van der Waals surface area (Å²) in [6, 6.07) is 0. The van der Waals surface area contributed by atoms with Gasteiger partial charge in [0.1, 0.15) is 13.2 Å². The van der Waals surface area contributed by atoms with Gasteiger partial charge < -0.3 is 14.2 Å². The molecule has 6 nitrogen and oxygen atoms in total. The van der Waals surface area contributed by atoms with Crippen molar-refractivity contribution >= 4 is 17.9 Å². The Hall–Kier alpha value is -3.41. The maximum atomic E-state index is 12.9. The molecule has 0 rings (SSSR count). The van der Waals surface area contributed by atoms with Crippen LogP contribution in [0.15, 0.2) is 85.1 Å². The SMILES string of the molecule is CC/C=C\C/C=C\C/C=C\C/C=C\C/C=C\CC(=O)OCC(COC(=O)CCCCCCCCCCC/C=C\C/C=C\CCCCCCC)OC(=O)CCCCCCCCCCCCCCCCCCCCC. The largest absolute Gasteiger partial charge is 0.462 e. The van der Waals surface area contributed by atoms with Gasteiger partial charge in [0.25, 0.3) is 0 Å². The first-order valence-corrected chi connectivity index (χ1v) is 31.1. The molecule has 0 amide bonds. The molecule has 0 spiro atoms. The maximum Gasteiger partial charge on any atom is 0.309 e. The van der Waals surface area contributed by atoms with Gasteiger partial charge in [-0.25, -0.2) is 0 Å². The molecule has 73 heavy (non-hydrogen) atoms. The molecule has 0 fully saturated rings. The number of ether oxygens (including phenoxy) is 3. The molecule has 0 saturated carbocycles. The minimum absolute atomic E-state index is 0.106. The van der Waals surface area contributed by atoms with Crippen molar-refractivity contribution in [2.45, 2.75) is 309 Å². The second kappa shape index (κ2) is 61.1. The van der Waals surface area contributed by atoms with Gasteiger partial charge in [-0.15, -0.1) is 0 Å². The minimum atomic E-state index is -0.818. The second-order valence-corrected chi connectivity index (χ2v) is 20.6. The summed E-state index contributed by atoms with van der Waals surface area (Å²) in [4.78, 5) is 38.2. The molecular weight excluding hydrogens is 901 g/mol. The van der Waals surface area contributed by atoms with Crippen LogP contribution >= 0.6 is 0 Å². The molecular formula is C67H116O6. The Labute approximate surface area is 452 Å². The lowest BCUT2D eigenvalue weighted by atomic mass is 10.0. The maximum absolute atomic E-state index is 12.9. The van der Waals surface area contributed by atoms with Gasteiger partial charge in [0.15, 0.2) is 6.10 Å². The molecule has 0 N–H and O–H groups in total. The van der Waals surface area contributed by atoms with Crippen LogP contribution in [0.3, 0.4) is 0 Å². The number of rotatable bonds is 56. The van der Waals surface area contributed by atoms with Crippen LogP contribution in [0.2, 0.25) is 0 Å². The Bertz CT molecular complexity index is 1400. The molecule has 0 aromatic heterocycles. The van der Waals surface area contributed by atoms with Crippen molar-refractivity contribution in [3.05, 3.63) is 85.1 Å². The summed E-state index contributed by atoms with van der Waals surface area (Å²) in [6.07, 6.45) is 80.4. The number of hydrogen-bond acceptors (Lipinski definition) is 6.